The number of carbonyl (C=O) groups excluding carboxylic acids is 3. The number of hydrogen-bond acceptors (Lipinski definition) is 5. The van der Waals surface area contributed by atoms with Gasteiger partial charge >= 0.3 is 0 Å². The van der Waals surface area contributed by atoms with Crippen molar-refractivity contribution < 1.29 is 24.3 Å². The number of nitrogens with zero attached hydrogens (tertiary/aromatic N) is 1. The fraction of sp³-hybridized carbons (Fsp3) is 0.423. The number of carbonyl (C=O) groups is 3. The van der Waals surface area contributed by atoms with Crippen molar-refractivity contribution in [2.45, 2.75) is 51.5 Å². The number of hydrogen-bond donors (Lipinski definition) is 3. The SMILES string of the molecule is CCCCCC(CC(=O)NO)C(=O)N[C@H](Cc1ccc(Oc2ccccc2)cc1)C(=O)N(C)C. The zero-order valence-electron chi connectivity index (χ0n) is 20.1. The van der Waals surface area contributed by atoms with E-state index in [4.69, 9.17) is 9.94 Å². The second kappa shape index (κ2) is 14.0. The molecule has 184 valence electrons. The maximum Gasteiger partial charge on any atom is 0.244 e. The van der Waals surface area contributed by atoms with Gasteiger partial charge in [-0.3, -0.25) is 19.6 Å². The summed E-state index contributed by atoms with van der Waals surface area (Å²) in [5.74, 6) is -0.468. The summed E-state index contributed by atoms with van der Waals surface area (Å²) in [5, 5.41) is 11.7. The Morgan fingerprint density at radius 3 is 2.21 bits per heavy atom. The van der Waals surface area contributed by atoms with Gasteiger partial charge in [0.15, 0.2) is 0 Å². The van der Waals surface area contributed by atoms with Crippen molar-refractivity contribution in [2.75, 3.05) is 14.1 Å². The summed E-state index contributed by atoms with van der Waals surface area (Å²) in [6, 6.07) is 16.0. The summed E-state index contributed by atoms with van der Waals surface area (Å²) < 4.78 is 5.81. The largest absolute Gasteiger partial charge is 0.457 e. The Morgan fingerprint density at radius 1 is 0.971 bits per heavy atom. The molecule has 8 heteroatoms. The van der Waals surface area contributed by atoms with Crippen LogP contribution in [0.5, 0.6) is 11.5 Å². The normalized spacial score (nSPS) is 12.4. The molecule has 8 nitrogen and oxygen atoms in total. The third-order valence-corrected chi connectivity index (χ3v) is 5.48. The van der Waals surface area contributed by atoms with Crippen LogP contribution in [-0.2, 0) is 20.8 Å². The molecule has 0 aliphatic rings. The number of nitrogens with one attached hydrogen (secondary N) is 2. The Bertz CT molecular complexity index is 916. The molecule has 2 atom stereocenters. The summed E-state index contributed by atoms with van der Waals surface area (Å²) in [6.07, 6.45) is 3.35. The molecule has 1 unspecified atom stereocenters. The molecule has 0 aliphatic heterocycles. The monoisotopic (exact) mass is 469 g/mol. The lowest BCUT2D eigenvalue weighted by atomic mass is 9.95. The standard InChI is InChI=1S/C26H35N3O5/c1-4-5-7-10-20(18-24(30)28-33)25(31)27-23(26(32)29(2)3)17-19-13-15-22(16-14-19)34-21-11-8-6-9-12-21/h6,8-9,11-16,20,23,33H,4-5,7,10,17-18H2,1-3H3,(H,27,31)(H,28,30)/t20?,23-/m1/s1. The van der Waals surface area contributed by atoms with Crippen LogP contribution in [0, 0.1) is 5.92 Å². The molecule has 0 radical (unpaired) electrons. The van der Waals surface area contributed by atoms with Crippen LogP contribution in [-0.4, -0.2) is 48.0 Å². The quantitative estimate of drug-likeness (QED) is 0.236. The highest BCUT2D eigenvalue weighted by molar-refractivity contribution is 5.90. The Morgan fingerprint density at radius 2 is 1.62 bits per heavy atom. The molecule has 0 saturated heterocycles. The number of ether oxygens (including phenoxy) is 1. The molecule has 3 amide bonds. The number of amides is 3. The summed E-state index contributed by atoms with van der Waals surface area (Å²) in [7, 11) is 3.27. The molecule has 0 aromatic heterocycles. The molecule has 0 spiro atoms. The zero-order chi connectivity index (χ0) is 24.9. The number of unbranched alkanes of at least 4 members (excludes halogenated alkanes) is 2. The van der Waals surface area contributed by atoms with Gasteiger partial charge in [-0.25, -0.2) is 5.48 Å². The summed E-state index contributed by atoms with van der Waals surface area (Å²) in [5.41, 5.74) is 2.45. The van der Waals surface area contributed by atoms with Crippen molar-refractivity contribution in [1.29, 1.82) is 0 Å². The first-order valence-corrected chi connectivity index (χ1v) is 11.6. The van der Waals surface area contributed by atoms with Crippen molar-refractivity contribution in [3.05, 3.63) is 60.2 Å². The Kier molecular flexibility index (Phi) is 11.1. The average molecular weight is 470 g/mol. The van der Waals surface area contributed by atoms with Gasteiger partial charge in [0.1, 0.15) is 17.5 Å². The average Bonchev–Trinajstić information content (AvgIpc) is 2.84. The minimum absolute atomic E-state index is 0.138. The highest BCUT2D eigenvalue weighted by Crippen LogP contribution is 2.22. The first-order chi connectivity index (χ1) is 16.3. The first kappa shape index (κ1) is 26.9. The molecule has 0 bridgehead atoms. The second-order valence-corrected chi connectivity index (χ2v) is 8.49. The fourth-order valence-corrected chi connectivity index (χ4v) is 3.59. The molecule has 3 N–H and O–H groups in total. The predicted octanol–water partition coefficient (Wildman–Crippen LogP) is 3.69. The molecule has 2 rings (SSSR count). The third-order valence-electron chi connectivity index (χ3n) is 5.48. The topological polar surface area (TPSA) is 108 Å². The summed E-state index contributed by atoms with van der Waals surface area (Å²) in [4.78, 5) is 39.0. The van der Waals surface area contributed by atoms with Gasteiger partial charge in [-0.05, 0) is 36.2 Å². The minimum Gasteiger partial charge on any atom is -0.457 e. The van der Waals surface area contributed by atoms with Gasteiger partial charge < -0.3 is 15.0 Å². The van der Waals surface area contributed by atoms with E-state index in [0.29, 0.717) is 18.6 Å². The smallest absolute Gasteiger partial charge is 0.244 e. The van der Waals surface area contributed by atoms with Gasteiger partial charge in [-0.2, -0.15) is 0 Å². The Labute approximate surface area is 201 Å². The lowest BCUT2D eigenvalue weighted by Gasteiger charge is -2.24. The number of rotatable bonds is 13. The fourth-order valence-electron chi connectivity index (χ4n) is 3.59. The van der Waals surface area contributed by atoms with Crippen molar-refractivity contribution in [3.8, 4) is 11.5 Å². The molecule has 0 saturated carbocycles. The van der Waals surface area contributed by atoms with Gasteiger partial charge in [-0.1, -0.05) is 56.5 Å². The van der Waals surface area contributed by atoms with Gasteiger partial charge in [0.05, 0.1) is 0 Å². The summed E-state index contributed by atoms with van der Waals surface area (Å²) >= 11 is 0. The molecular weight excluding hydrogens is 434 g/mol. The number of para-hydroxylation sites is 1. The van der Waals surface area contributed by atoms with Gasteiger partial charge in [0, 0.05) is 32.9 Å². The number of hydroxylamine groups is 1. The van der Waals surface area contributed by atoms with E-state index < -0.39 is 17.9 Å². The molecular formula is C26H35N3O5. The van der Waals surface area contributed by atoms with Crippen LogP contribution in [0.3, 0.4) is 0 Å². The molecule has 2 aromatic carbocycles. The predicted molar refractivity (Wildman–Crippen MR) is 129 cm³/mol. The van der Waals surface area contributed by atoms with Crippen LogP contribution < -0.4 is 15.5 Å². The van der Waals surface area contributed by atoms with Gasteiger partial charge in [0.2, 0.25) is 17.7 Å². The minimum atomic E-state index is -0.783. The highest BCUT2D eigenvalue weighted by Gasteiger charge is 2.28. The van der Waals surface area contributed by atoms with Crippen molar-refractivity contribution in [1.82, 2.24) is 15.7 Å². The summed E-state index contributed by atoms with van der Waals surface area (Å²) in [6.45, 7) is 2.05. The van der Waals surface area contributed by atoms with Crippen LogP contribution >= 0.6 is 0 Å². The number of likely N-dealkylation sites (N-methyl/N-ethyl adjacent to an activating group) is 1. The van der Waals surface area contributed by atoms with E-state index in [1.807, 2.05) is 54.6 Å². The first-order valence-electron chi connectivity index (χ1n) is 11.6. The van der Waals surface area contributed by atoms with Crippen LogP contribution in [0.1, 0.15) is 44.6 Å². The maximum atomic E-state index is 13.0. The zero-order valence-corrected chi connectivity index (χ0v) is 20.1. The Hall–Kier alpha value is -3.39. The third kappa shape index (κ3) is 8.86. The van der Waals surface area contributed by atoms with Gasteiger partial charge in [-0.15, -0.1) is 0 Å². The maximum absolute atomic E-state index is 13.0. The van der Waals surface area contributed by atoms with E-state index in [9.17, 15) is 14.4 Å². The Balaban J connectivity index is 2.10. The van der Waals surface area contributed by atoms with E-state index in [0.717, 1.165) is 30.6 Å². The lowest BCUT2D eigenvalue weighted by molar-refractivity contribution is -0.138. The van der Waals surface area contributed by atoms with Crippen LogP contribution in [0.25, 0.3) is 0 Å². The van der Waals surface area contributed by atoms with Gasteiger partial charge in [0.25, 0.3) is 0 Å². The van der Waals surface area contributed by atoms with Crippen LogP contribution in [0.2, 0.25) is 0 Å². The van der Waals surface area contributed by atoms with Crippen molar-refractivity contribution in [2.24, 2.45) is 5.92 Å². The molecule has 0 aliphatic carbocycles. The number of benzene rings is 2. The second-order valence-electron chi connectivity index (χ2n) is 8.49. The van der Waals surface area contributed by atoms with Crippen molar-refractivity contribution >= 4 is 17.7 Å². The van der Waals surface area contributed by atoms with Crippen molar-refractivity contribution in [3.63, 3.8) is 0 Å². The molecule has 0 fully saturated rings. The van der Waals surface area contributed by atoms with E-state index in [-0.39, 0.29) is 18.2 Å². The highest BCUT2D eigenvalue weighted by atomic mass is 16.5. The van der Waals surface area contributed by atoms with Crippen LogP contribution in [0.4, 0.5) is 0 Å². The van der Waals surface area contributed by atoms with E-state index in [2.05, 4.69) is 12.2 Å². The van der Waals surface area contributed by atoms with E-state index in [1.165, 1.54) is 4.90 Å². The van der Waals surface area contributed by atoms with E-state index in [1.54, 1.807) is 19.6 Å². The molecule has 2 aromatic rings. The van der Waals surface area contributed by atoms with Crippen LogP contribution in [0.15, 0.2) is 54.6 Å². The molecule has 0 heterocycles. The lowest BCUT2D eigenvalue weighted by Crippen LogP contribution is -2.49. The van der Waals surface area contributed by atoms with E-state index >= 15 is 0 Å². The molecule has 34 heavy (non-hydrogen) atoms.